The van der Waals surface area contributed by atoms with Gasteiger partial charge in [0, 0.05) is 11.8 Å². The monoisotopic (exact) mass is 325 g/mol. The van der Waals surface area contributed by atoms with Gasteiger partial charge < -0.3 is 9.15 Å². The molecule has 0 radical (unpaired) electrons. The molecule has 6 heteroatoms. The van der Waals surface area contributed by atoms with Crippen LogP contribution < -0.4 is 16.0 Å². The Bertz CT molecular complexity index is 542. The Kier molecular flexibility index (Phi) is 4.57. The number of nitrogens with zero attached hydrogens (tertiary/aromatic N) is 1. The summed E-state index contributed by atoms with van der Waals surface area (Å²) < 4.78 is 11.5. The van der Waals surface area contributed by atoms with Crippen LogP contribution in [0.1, 0.15) is 31.0 Å². The van der Waals surface area contributed by atoms with Gasteiger partial charge in [-0.1, -0.05) is 0 Å². The number of ether oxygens (including phenoxy) is 1. The van der Waals surface area contributed by atoms with Crippen LogP contribution in [-0.2, 0) is 0 Å². The fraction of sp³-hybridized carbons (Fsp3) is 0.308. The van der Waals surface area contributed by atoms with E-state index in [0.717, 1.165) is 11.1 Å². The number of nitrogens with one attached hydrogen (secondary N) is 1. The molecular weight excluding hydrogens is 310 g/mol. The molecule has 2 aromatic rings. The highest BCUT2D eigenvalue weighted by atomic mass is 79.9. The van der Waals surface area contributed by atoms with Crippen LogP contribution in [0.15, 0.2) is 39.9 Å². The van der Waals surface area contributed by atoms with E-state index in [1.165, 1.54) is 0 Å². The van der Waals surface area contributed by atoms with E-state index in [0.29, 0.717) is 10.4 Å². The second kappa shape index (κ2) is 6.18. The summed E-state index contributed by atoms with van der Waals surface area (Å²) in [6, 6.07) is 3.55. The molecule has 19 heavy (non-hydrogen) atoms. The Labute approximate surface area is 120 Å². The summed E-state index contributed by atoms with van der Waals surface area (Å²) in [4.78, 5) is 4.18. The number of pyridine rings is 1. The largest absolute Gasteiger partial charge is 0.489 e. The molecule has 5 nitrogen and oxygen atoms in total. The summed E-state index contributed by atoms with van der Waals surface area (Å²) in [6.07, 6.45) is 5.13. The van der Waals surface area contributed by atoms with Gasteiger partial charge in [0.1, 0.15) is 5.75 Å². The minimum atomic E-state index is -0.212. The molecule has 0 amide bonds. The summed E-state index contributed by atoms with van der Waals surface area (Å²) in [5.41, 5.74) is 4.57. The predicted molar refractivity (Wildman–Crippen MR) is 75.6 cm³/mol. The van der Waals surface area contributed by atoms with E-state index in [4.69, 9.17) is 15.0 Å². The van der Waals surface area contributed by atoms with E-state index in [1.807, 2.05) is 26.0 Å². The molecule has 1 unspecified atom stereocenters. The second-order valence-electron chi connectivity index (χ2n) is 4.37. The van der Waals surface area contributed by atoms with Crippen molar-refractivity contribution in [2.75, 3.05) is 0 Å². The van der Waals surface area contributed by atoms with Crippen LogP contribution in [-0.4, -0.2) is 11.1 Å². The van der Waals surface area contributed by atoms with E-state index in [9.17, 15) is 0 Å². The molecule has 3 N–H and O–H groups in total. The standard InChI is InChI=1S/C13H16BrN3O2/c1-8(2)19-10-5-9(6-16-7-10)12(17-15)11-3-4-18-13(11)14/h3-8,12,17H,15H2,1-2H3. The zero-order valence-electron chi connectivity index (χ0n) is 10.8. The lowest BCUT2D eigenvalue weighted by Gasteiger charge is -2.16. The zero-order valence-corrected chi connectivity index (χ0v) is 12.3. The summed E-state index contributed by atoms with van der Waals surface area (Å²) in [5, 5.41) is 0. The number of halogens is 1. The molecule has 102 valence electrons. The first-order valence-corrected chi connectivity index (χ1v) is 6.71. The van der Waals surface area contributed by atoms with Crippen LogP contribution >= 0.6 is 15.9 Å². The Morgan fingerprint density at radius 2 is 2.21 bits per heavy atom. The van der Waals surface area contributed by atoms with Crippen LogP contribution in [0.2, 0.25) is 0 Å². The third-order valence-corrected chi connectivity index (χ3v) is 3.21. The van der Waals surface area contributed by atoms with E-state index >= 15 is 0 Å². The van der Waals surface area contributed by atoms with Crippen molar-refractivity contribution in [3.63, 3.8) is 0 Å². The van der Waals surface area contributed by atoms with Crippen LogP contribution in [0.5, 0.6) is 5.75 Å². The Hall–Kier alpha value is -1.37. The maximum atomic E-state index is 5.64. The first-order chi connectivity index (χ1) is 9.11. The quantitative estimate of drug-likeness (QED) is 0.653. The number of furan rings is 1. The summed E-state index contributed by atoms with van der Waals surface area (Å²) in [5.74, 6) is 6.35. The number of rotatable bonds is 5. The Morgan fingerprint density at radius 1 is 1.42 bits per heavy atom. The van der Waals surface area contributed by atoms with E-state index in [1.54, 1.807) is 18.7 Å². The maximum Gasteiger partial charge on any atom is 0.174 e. The second-order valence-corrected chi connectivity index (χ2v) is 5.09. The summed E-state index contributed by atoms with van der Waals surface area (Å²) in [7, 11) is 0. The van der Waals surface area contributed by atoms with Gasteiger partial charge in [-0.3, -0.25) is 10.8 Å². The smallest absolute Gasteiger partial charge is 0.174 e. The lowest BCUT2D eigenvalue weighted by atomic mass is 10.0. The van der Waals surface area contributed by atoms with Gasteiger partial charge in [-0.05, 0) is 47.5 Å². The first kappa shape index (κ1) is 14.0. The summed E-state index contributed by atoms with van der Waals surface area (Å²) >= 11 is 3.35. The molecule has 0 aromatic carbocycles. The van der Waals surface area contributed by atoms with Crippen molar-refractivity contribution in [3.05, 3.63) is 46.6 Å². The number of nitrogens with two attached hydrogens (primary N) is 1. The fourth-order valence-corrected chi connectivity index (χ4v) is 2.27. The number of aromatic nitrogens is 1. The molecule has 0 aliphatic rings. The van der Waals surface area contributed by atoms with Crippen LogP contribution in [0, 0.1) is 0 Å². The average molecular weight is 326 g/mol. The predicted octanol–water partition coefficient (Wildman–Crippen LogP) is 2.78. The van der Waals surface area contributed by atoms with Gasteiger partial charge in [-0.15, -0.1) is 0 Å². The summed E-state index contributed by atoms with van der Waals surface area (Å²) in [6.45, 7) is 3.94. The number of hydrazine groups is 1. The molecule has 0 saturated carbocycles. The highest BCUT2D eigenvalue weighted by molar-refractivity contribution is 9.10. The molecule has 2 rings (SSSR count). The van der Waals surface area contributed by atoms with Crippen molar-refractivity contribution in [3.8, 4) is 5.75 Å². The highest BCUT2D eigenvalue weighted by Crippen LogP contribution is 2.30. The van der Waals surface area contributed by atoms with Gasteiger partial charge in [0.2, 0.25) is 0 Å². The van der Waals surface area contributed by atoms with Gasteiger partial charge in [0.25, 0.3) is 0 Å². The van der Waals surface area contributed by atoms with Gasteiger partial charge >= 0.3 is 0 Å². The Balaban J connectivity index is 2.31. The van der Waals surface area contributed by atoms with Crippen molar-refractivity contribution >= 4 is 15.9 Å². The topological polar surface area (TPSA) is 73.3 Å². The Morgan fingerprint density at radius 3 is 2.79 bits per heavy atom. The molecule has 0 bridgehead atoms. The zero-order chi connectivity index (χ0) is 13.8. The normalized spacial score (nSPS) is 12.7. The number of hydrogen-bond donors (Lipinski definition) is 2. The van der Waals surface area contributed by atoms with E-state index in [-0.39, 0.29) is 12.1 Å². The van der Waals surface area contributed by atoms with Crippen molar-refractivity contribution in [2.45, 2.75) is 26.0 Å². The maximum absolute atomic E-state index is 5.64. The van der Waals surface area contributed by atoms with Crippen molar-refractivity contribution in [1.29, 1.82) is 0 Å². The van der Waals surface area contributed by atoms with Gasteiger partial charge in [0.15, 0.2) is 4.67 Å². The van der Waals surface area contributed by atoms with Gasteiger partial charge in [-0.2, -0.15) is 0 Å². The number of hydrogen-bond acceptors (Lipinski definition) is 5. The highest BCUT2D eigenvalue weighted by Gasteiger charge is 2.18. The molecule has 1 atom stereocenters. The minimum Gasteiger partial charge on any atom is -0.489 e. The van der Waals surface area contributed by atoms with E-state index < -0.39 is 0 Å². The molecule has 0 saturated heterocycles. The first-order valence-electron chi connectivity index (χ1n) is 5.92. The van der Waals surface area contributed by atoms with Crippen LogP contribution in [0.25, 0.3) is 0 Å². The SMILES string of the molecule is CC(C)Oc1cncc(C(NN)c2ccoc2Br)c1. The molecule has 2 heterocycles. The molecule has 2 aromatic heterocycles. The molecule has 0 aliphatic carbocycles. The van der Waals surface area contributed by atoms with E-state index in [2.05, 4.69) is 26.3 Å². The third kappa shape index (κ3) is 3.34. The molecule has 0 fully saturated rings. The molecule has 0 spiro atoms. The van der Waals surface area contributed by atoms with Crippen LogP contribution in [0.3, 0.4) is 0 Å². The van der Waals surface area contributed by atoms with Gasteiger partial charge in [0.05, 0.1) is 24.6 Å². The van der Waals surface area contributed by atoms with Crippen LogP contribution in [0.4, 0.5) is 0 Å². The average Bonchev–Trinajstić information content (AvgIpc) is 2.77. The van der Waals surface area contributed by atoms with Gasteiger partial charge in [-0.25, -0.2) is 5.43 Å². The minimum absolute atomic E-state index is 0.0991. The molecular formula is C13H16BrN3O2. The third-order valence-electron chi connectivity index (χ3n) is 2.56. The lowest BCUT2D eigenvalue weighted by molar-refractivity contribution is 0.241. The lowest BCUT2D eigenvalue weighted by Crippen LogP contribution is -2.28. The van der Waals surface area contributed by atoms with Crippen molar-refractivity contribution in [2.24, 2.45) is 5.84 Å². The fourth-order valence-electron chi connectivity index (χ4n) is 1.81. The molecule has 0 aliphatic heterocycles. The van der Waals surface area contributed by atoms with Crippen molar-refractivity contribution < 1.29 is 9.15 Å². The van der Waals surface area contributed by atoms with Crippen molar-refractivity contribution in [1.82, 2.24) is 10.4 Å².